The summed E-state index contributed by atoms with van der Waals surface area (Å²) in [5.41, 5.74) is 0.923. The molecule has 2 aromatic rings. The second-order valence-corrected chi connectivity index (χ2v) is 5.79. The maximum Gasteiger partial charge on any atom is 0.318 e. The number of urea groups is 1. The van der Waals surface area contributed by atoms with Crippen LogP contribution in [0.4, 0.5) is 4.79 Å². The van der Waals surface area contributed by atoms with E-state index >= 15 is 0 Å². The van der Waals surface area contributed by atoms with Crippen LogP contribution in [0.3, 0.4) is 0 Å². The predicted molar refractivity (Wildman–Crippen MR) is 83.0 cm³/mol. The summed E-state index contributed by atoms with van der Waals surface area (Å²) in [6, 6.07) is 6.18. The van der Waals surface area contributed by atoms with Crippen molar-refractivity contribution in [2.24, 2.45) is 0 Å². The summed E-state index contributed by atoms with van der Waals surface area (Å²) in [4.78, 5) is 22.8. The van der Waals surface area contributed by atoms with Crippen LogP contribution in [0.25, 0.3) is 0 Å². The van der Waals surface area contributed by atoms with E-state index in [1.807, 2.05) is 40.8 Å². The number of nitrogens with zero attached hydrogens (tertiary/aromatic N) is 4. The van der Waals surface area contributed by atoms with Crippen LogP contribution >= 0.6 is 0 Å². The standard InChI is InChI=1S/C16H21N5O/c1-13(10-20-9-8-17-12-20)19-16(22)21(15-5-6-15)11-14-4-2-3-7-18-14/h2-4,7-9,12-13,15H,5-6,10-11H2,1H3,(H,19,22)/t13-/m1/s1. The van der Waals surface area contributed by atoms with Crippen LogP contribution in [0.1, 0.15) is 25.5 Å². The second kappa shape index (κ2) is 6.60. The summed E-state index contributed by atoms with van der Waals surface area (Å²) in [5, 5.41) is 3.07. The zero-order valence-corrected chi connectivity index (χ0v) is 12.7. The SMILES string of the molecule is C[C@H](Cn1ccnc1)NC(=O)N(Cc1ccccn1)C1CC1. The van der Waals surface area contributed by atoms with Gasteiger partial charge >= 0.3 is 6.03 Å². The summed E-state index contributed by atoms with van der Waals surface area (Å²) in [5.74, 6) is 0. The van der Waals surface area contributed by atoms with Crippen LogP contribution in [0.15, 0.2) is 43.1 Å². The van der Waals surface area contributed by atoms with Gasteiger partial charge in [0.15, 0.2) is 0 Å². The summed E-state index contributed by atoms with van der Waals surface area (Å²) in [6.45, 7) is 3.28. The molecule has 3 rings (SSSR count). The minimum Gasteiger partial charge on any atom is -0.335 e. The molecule has 2 heterocycles. The molecule has 0 radical (unpaired) electrons. The second-order valence-electron chi connectivity index (χ2n) is 5.79. The molecule has 0 aromatic carbocycles. The summed E-state index contributed by atoms with van der Waals surface area (Å²) in [6.07, 6.45) is 9.32. The van der Waals surface area contributed by atoms with Crippen LogP contribution in [-0.2, 0) is 13.1 Å². The van der Waals surface area contributed by atoms with E-state index in [2.05, 4.69) is 15.3 Å². The van der Waals surface area contributed by atoms with Crippen LogP contribution in [0, 0.1) is 0 Å². The average Bonchev–Trinajstić information content (AvgIpc) is 3.23. The van der Waals surface area contributed by atoms with E-state index in [4.69, 9.17) is 0 Å². The van der Waals surface area contributed by atoms with Gasteiger partial charge in [0.2, 0.25) is 0 Å². The van der Waals surface area contributed by atoms with E-state index in [1.165, 1.54) is 0 Å². The van der Waals surface area contributed by atoms with E-state index in [1.54, 1.807) is 18.7 Å². The maximum absolute atomic E-state index is 12.5. The van der Waals surface area contributed by atoms with Crippen LogP contribution in [0.2, 0.25) is 0 Å². The van der Waals surface area contributed by atoms with Crippen molar-refractivity contribution in [3.05, 3.63) is 48.8 Å². The molecule has 1 N–H and O–H groups in total. The molecule has 0 aliphatic heterocycles. The lowest BCUT2D eigenvalue weighted by Gasteiger charge is -2.25. The smallest absolute Gasteiger partial charge is 0.318 e. The Morgan fingerprint density at radius 1 is 1.45 bits per heavy atom. The molecule has 1 aliphatic carbocycles. The Morgan fingerprint density at radius 2 is 2.32 bits per heavy atom. The molecule has 22 heavy (non-hydrogen) atoms. The van der Waals surface area contributed by atoms with Crippen LogP contribution in [0.5, 0.6) is 0 Å². The number of hydrogen-bond donors (Lipinski definition) is 1. The molecule has 0 unspecified atom stereocenters. The van der Waals surface area contributed by atoms with Crippen molar-refractivity contribution in [2.45, 2.75) is 44.9 Å². The van der Waals surface area contributed by atoms with Gasteiger partial charge in [-0.15, -0.1) is 0 Å². The number of pyridine rings is 1. The van der Waals surface area contributed by atoms with Crippen molar-refractivity contribution >= 4 is 6.03 Å². The molecule has 1 fully saturated rings. The topological polar surface area (TPSA) is 63.1 Å². The number of amides is 2. The van der Waals surface area contributed by atoms with Gasteiger partial charge in [0.1, 0.15) is 0 Å². The van der Waals surface area contributed by atoms with Crippen LogP contribution in [-0.4, -0.2) is 37.5 Å². The van der Waals surface area contributed by atoms with E-state index < -0.39 is 0 Å². The maximum atomic E-state index is 12.5. The molecule has 1 atom stereocenters. The molecule has 1 saturated carbocycles. The fraction of sp³-hybridized carbons (Fsp3) is 0.438. The minimum absolute atomic E-state index is 0.0132. The van der Waals surface area contributed by atoms with Crippen molar-refractivity contribution in [1.29, 1.82) is 0 Å². The summed E-state index contributed by atoms with van der Waals surface area (Å²) < 4.78 is 1.96. The first kappa shape index (κ1) is 14.6. The normalized spacial score (nSPS) is 15.3. The number of carbonyl (C=O) groups excluding carboxylic acids is 1. The van der Waals surface area contributed by atoms with Gasteiger partial charge in [0.25, 0.3) is 0 Å². The van der Waals surface area contributed by atoms with E-state index in [9.17, 15) is 4.79 Å². The molecule has 0 saturated heterocycles. The van der Waals surface area contributed by atoms with E-state index in [0.29, 0.717) is 19.1 Å². The minimum atomic E-state index is -0.0132. The van der Waals surface area contributed by atoms with Crippen molar-refractivity contribution in [2.75, 3.05) is 0 Å². The Labute approximate surface area is 130 Å². The molecule has 116 valence electrons. The summed E-state index contributed by atoms with van der Waals surface area (Å²) in [7, 11) is 0. The summed E-state index contributed by atoms with van der Waals surface area (Å²) >= 11 is 0. The highest BCUT2D eigenvalue weighted by Gasteiger charge is 2.33. The van der Waals surface area contributed by atoms with Gasteiger partial charge in [-0.25, -0.2) is 9.78 Å². The van der Waals surface area contributed by atoms with Crippen molar-refractivity contribution in [3.8, 4) is 0 Å². The van der Waals surface area contributed by atoms with Gasteiger partial charge in [0, 0.05) is 37.2 Å². The predicted octanol–water partition coefficient (Wildman–Crippen LogP) is 2.04. The van der Waals surface area contributed by atoms with Gasteiger partial charge in [-0.05, 0) is 31.9 Å². The third-order valence-corrected chi connectivity index (χ3v) is 3.72. The van der Waals surface area contributed by atoms with Gasteiger partial charge < -0.3 is 14.8 Å². The molecule has 0 spiro atoms. The van der Waals surface area contributed by atoms with Gasteiger partial charge in [0.05, 0.1) is 18.6 Å². The first-order valence-corrected chi connectivity index (χ1v) is 7.65. The third kappa shape index (κ3) is 3.84. The zero-order valence-electron chi connectivity index (χ0n) is 12.7. The number of hydrogen-bond acceptors (Lipinski definition) is 3. The zero-order chi connectivity index (χ0) is 15.4. The average molecular weight is 299 g/mol. The first-order chi connectivity index (χ1) is 10.7. The van der Waals surface area contributed by atoms with Gasteiger partial charge in [-0.1, -0.05) is 6.07 Å². The quantitative estimate of drug-likeness (QED) is 0.888. The van der Waals surface area contributed by atoms with E-state index in [0.717, 1.165) is 18.5 Å². The van der Waals surface area contributed by atoms with Crippen LogP contribution < -0.4 is 5.32 Å². The molecular weight excluding hydrogens is 278 g/mol. The lowest BCUT2D eigenvalue weighted by Crippen LogP contribution is -2.45. The fourth-order valence-corrected chi connectivity index (χ4v) is 2.47. The molecule has 2 amide bonds. The highest BCUT2D eigenvalue weighted by atomic mass is 16.2. The molecular formula is C16H21N5O. The Morgan fingerprint density at radius 3 is 2.95 bits per heavy atom. The first-order valence-electron chi connectivity index (χ1n) is 7.65. The lowest BCUT2D eigenvalue weighted by molar-refractivity contribution is 0.186. The number of rotatable bonds is 6. The Hall–Kier alpha value is -2.37. The monoisotopic (exact) mass is 299 g/mol. The number of imidazole rings is 1. The van der Waals surface area contributed by atoms with Gasteiger partial charge in [-0.3, -0.25) is 4.98 Å². The Kier molecular flexibility index (Phi) is 4.37. The molecule has 1 aliphatic rings. The Balaban J connectivity index is 1.58. The van der Waals surface area contributed by atoms with Crippen molar-refractivity contribution in [1.82, 2.24) is 24.8 Å². The number of aromatic nitrogens is 3. The highest BCUT2D eigenvalue weighted by Crippen LogP contribution is 2.28. The lowest BCUT2D eigenvalue weighted by atomic mass is 10.3. The number of nitrogens with one attached hydrogen (secondary N) is 1. The molecule has 6 heteroatoms. The Bertz CT molecular complexity index is 594. The number of carbonyl (C=O) groups is 1. The third-order valence-electron chi connectivity index (χ3n) is 3.72. The largest absolute Gasteiger partial charge is 0.335 e. The van der Waals surface area contributed by atoms with Crippen molar-refractivity contribution in [3.63, 3.8) is 0 Å². The fourth-order valence-electron chi connectivity index (χ4n) is 2.47. The molecule has 2 aromatic heterocycles. The van der Waals surface area contributed by atoms with E-state index in [-0.39, 0.29) is 12.1 Å². The molecule has 6 nitrogen and oxygen atoms in total. The van der Waals surface area contributed by atoms with Gasteiger partial charge in [-0.2, -0.15) is 0 Å². The van der Waals surface area contributed by atoms with Crippen molar-refractivity contribution < 1.29 is 4.79 Å². The highest BCUT2D eigenvalue weighted by molar-refractivity contribution is 5.75. The molecule has 0 bridgehead atoms.